The van der Waals surface area contributed by atoms with Crippen LogP contribution in [0.1, 0.15) is 25.7 Å². The van der Waals surface area contributed by atoms with Crippen LogP contribution in [0.4, 0.5) is 0 Å². The molecule has 49 heavy (non-hydrogen) atoms. The van der Waals surface area contributed by atoms with Crippen LogP contribution in [-0.2, 0) is 52.2 Å². The van der Waals surface area contributed by atoms with Gasteiger partial charge in [0, 0.05) is 78.4 Å². The molecule has 11 nitrogen and oxygen atoms in total. The highest BCUT2D eigenvalue weighted by atomic mass is 28.3. The van der Waals surface area contributed by atoms with Gasteiger partial charge < -0.3 is 42.6 Å². The summed E-state index contributed by atoms with van der Waals surface area (Å²) in [6, 6.07) is 2.07. The molecule has 0 unspecified atom stereocenters. The summed E-state index contributed by atoms with van der Waals surface area (Å²) >= 11 is 0. The summed E-state index contributed by atoms with van der Waals surface area (Å²) in [5.74, 6) is -1.12. The molecule has 0 amide bonds. The zero-order valence-corrected chi connectivity index (χ0v) is 33.0. The number of ether oxygens (including phenoxy) is 9. The molecule has 3 heterocycles. The van der Waals surface area contributed by atoms with Crippen molar-refractivity contribution in [3.63, 3.8) is 0 Å². The first kappa shape index (κ1) is 36.6. The third-order valence-corrected chi connectivity index (χ3v) is 17.0. The normalized spacial score (nSPS) is 45.2. The Hall–Kier alpha value is -0.746. The fraction of sp³-hybridized carbons (Fsp3) is 0.944. The number of hydrogen-bond acceptors (Lipinski definition) is 11. The van der Waals surface area contributed by atoms with Crippen molar-refractivity contribution in [3.8, 4) is 0 Å². The Bertz CT molecular complexity index is 1250. The molecule has 3 aliphatic heterocycles. The summed E-state index contributed by atoms with van der Waals surface area (Å²) in [7, 11) is 0.606. The highest BCUT2D eigenvalue weighted by molar-refractivity contribution is 6.76. The second-order valence-corrected chi connectivity index (χ2v) is 29.7. The van der Waals surface area contributed by atoms with Gasteiger partial charge in [-0.05, 0) is 36.8 Å². The Morgan fingerprint density at radius 1 is 0.857 bits per heavy atom. The summed E-state index contributed by atoms with van der Waals surface area (Å²) in [6.45, 7) is 16.6. The number of esters is 1. The molecular formula is C36H60O11Si2. The first-order valence-corrected chi connectivity index (χ1v) is 26.1. The van der Waals surface area contributed by atoms with E-state index in [1.54, 1.807) is 7.11 Å². The molecule has 7 fully saturated rings. The number of carbonyl (C=O) groups is 2. The Balaban J connectivity index is 1.23. The lowest BCUT2D eigenvalue weighted by atomic mass is 9.43. The van der Waals surface area contributed by atoms with Crippen molar-refractivity contribution in [2.45, 2.75) is 107 Å². The quantitative estimate of drug-likeness (QED) is 0.109. The van der Waals surface area contributed by atoms with E-state index < -0.39 is 45.0 Å². The summed E-state index contributed by atoms with van der Waals surface area (Å²) in [5.41, 5.74) is -1.66. The second kappa shape index (κ2) is 13.3. The molecule has 278 valence electrons. The molecule has 0 aromatic rings. The number of carbonyl (C=O) groups excluding carboxylic acids is 2. The lowest BCUT2D eigenvalue weighted by Gasteiger charge is -2.64. The van der Waals surface area contributed by atoms with Crippen molar-refractivity contribution in [1.29, 1.82) is 0 Å². The van der Waals surface area contributed by atoms with Gasteiger partial charge in [0.1, 0.15) is 24.8 Å². The van der Waals surface area contributed by atoms with Crippen LogP contribution in [0.25, 0.3) is 0 Å². The van der Waals surface area contributed by atoms with Crippen molar-refractivity contribution in [2.24, 2.45) is 46.3 Å². The predicted octanol–water partition coefficient (Wildman–Crippen LogP) is 4.58. The first-order valence-electron chi connectivity index (χ1n) is 18.6. The van der Waals surface area contributed by atoms with Gasteiger partial charge in [0.05, 0.1) is 51.3 Å². The molecule has 1 spiro atoms. The summed E-state index contributed by atoms with van der Waals surface area (Å²) in [5, 5.41) is 0. The fourth-order valence-electron chi connectivity index (χ4n) is 11.3. The molecule has 7 aliphatic rings. The average molecular weight is 725 g/mol. The lowest BCUT2D eigenvalue weighted by molar-refractivity contribution is -0.361. The number of ketones is 1. The zero-order chi connectivity index (χ0) is 35.0. The van der Waals surface area contributed by atoms with Crippen molar-refractivity contribution >= 4 is 27.9 Å². The van der Waals surface area contributed by atoms with E-state index in [1.807, 2.05) is 0 Å². The Kier molecular flexibility index (Phi) is 9.92. The van der Waals surface area contributed by atoms with Gasteiger partial charge in [-0.3, -0.25) is 9.59 Å². The minimum atomic E-state index is -1.29. The smallest absolute Gasteiger partial charge is 0.317 e. The average Bonchev–Trinajstić information content (AvgIpc) is 3.82. The fourth-order valence-corrected chi connectivity index (χ4v) is 12.8. The van der Waals surface area contributed by atoms with Gasteiger partial charge in [0.15, 0.2) is 5.79 Å². The molecule has 4 aliphatic carbocycles. The molecular weight excluding hydrogens is 665 g/mol. The number of Topliss-reactive ketones (excluding diaryl/α,β-unsaturated/α-hetero) is 1. The van der Waals surface area contributed by atoms with Crippen LogP contribution in [0.3, 0.4) is 0 Å². The maximum Gasteiger partial charge on any atom is 0.317 e. The van der Waals surface area contributed by atoms with E-state index in [9.17, 15) is 9.59 Å². The standard InChI is InChI=1S/C36H60O11Si2/c1-39-33(38)35-19-44-31-30-24(15-25-23-13-22(14-27(23)37)36(25,40-2)47-30)26-17-43-18-34(26,32(31)35)28(45-20-41-9-11-48(3,4)5)16-29(35)46-21-42-10-12-49(6,7)8/h22-26,28-32H,9-21H2,1-8H3/t22-,23-,24-,25-,26-,28-,29+,30-,31-,32-,34-,35-,36+/m0/s1. The van der Waals surface area contributed by atoms with Crippen molar-refractivity contribution in [1.82, 2.24) is 0 Å². The number of fused-ring (bicyclic) bond motifs is 8. The van der Waals surface area contributed by atoms with Gasteiger partial charge in [-0.2, -0.15) is 0 Å². The monoisotopic (exact) mass is 724 g/mol. The third kappa shape index (κ3) is 5.88. The van der Waals surface area contributed by atoms with E-state index in [1.165, 1.54) is 7.11 Å². The van der Waals surface area contributed by atoms with E-state index in [2.05, 4.69) is 39.3 Å². The molecule has 2 bridgehead atoms. The highest BCUT2D eigenvalue weighted by Crippen LogP contribution is 2.72. The molecule has 0 aromatic heterocycles. The summed E-state index contributed by atoms with van der Waals surface area (Å²) < 4.78 is 58.0. The Labute approximate surface area is 294 Å². The predicted molar refractivity (Wildman–Crippen MR) is 184 cm³/mol. The molecule has 0 radical (unpaired) electrons. The molecule has 13 atom stereocenters. The number of rotatable bonds is 14. The largest absolute Gasteiger partial charge is 0.468 e. The van der Waals surface area contributed by atoms with E-state index in [0.717, 1.165) is 24.9 Å². The first-order chi connectivity index (χ1) is 23.2. The van der Waals surface area contributed by atoms with Crippen LogP contribution >= 0.6 is 0 Å². The van der Waals surface area contributed by atoms with Crippen LogP contribution in [0.5, 0.6) is 0 Å². The van der Waals surface area contributed by atoms with E-state index in [0.29, 0.717) is 45.1 Å². The minimum absolute atomic E-state index is 0.0109. The van der Waals surface area contributed by atoms with Crippen LogP contribution in [-0.4, -0.2) is 119 Å². The van der Waals surface area contributed by atoms with E-state index in [4.69, 9.17) is 42.6 Å². The maximum absolute atomic E-state index is 14.3. The molecule has 0 aromatic carbocycles. The Morgan fingerprint density at radius 2 is 1.53 bits per heavy atom. The summed E-state index contributed by atoms with van der Waals surface area (Å²) in [6.07, 6.45) is 0.911. The second-order valence-electron chi connectivity index (χ2n) is 18.5. The maximum atomic E-state index is 14.3. The van der Waals surface area contributed by atoms with E-state index >= 15 is 0 Å². The van der Waals surface area contributed by atoms with Gasteiger partial charge in [-0.15, -0.1) is 0 Å². The van der Waals surface area contributed by atoms with Gasteiger partial charge in [0.25, 0.3) is 0 Å². The SMILES string of the molecule is COC(=O)[C@@]12CO[C@H]3[C@H]4O[C@]5(OC)[C@@H]6CC(=O)[C@@H](C6)[C@@H]5C[C@H]4[C@@H]4COC[C@]4([C@@H](OCOCC[Si](C)(C)C)C[C@H]1OCOCC[Si](C)(C)C)[C@H]32. The van der Waals surface area contributed by atoms with Crippen LogP contribution < -0.4 is 0 Å². The van der Waals surface area contributed by atoms with Gasteiger partial charge >= 0.3 is 5.97 Å². The van der Waals surface area contributed by atoms with Crippen molar-refractivity contribution in [3.05, 3.63) is 0 Å². The molecule has 7 rings (SSSR count). The van der Waals surface area contributed by atoms with Gasteiger partial charge in [0.2, 0.25) is 0 Å². The minimum Gasteiger partial charge on any atom is -0.468 e. The third-order valence-electron chi connectivity index (χ3n) is 13.6. The van der Waals surface area contributed by atoms with Gasteiger partial charge in [-0.25, -0.2) is 0 Å². The molecule has 13 heteroatoms. The topological polar surface area (TPSA) is 117 Å². The number of hydrogen-bond donors (Lipinski definition) is 0. The molecule has 0 N–H and O–H groups in total. The van der Waals surface area contributed by atoms with Gasteiger partial charge in [-0.1, -0.05) is 39.3 Å². The van der Waals surface area contributed by atoms with E-state index in [-0.39, 0.29) is 73.9 Å². The Morgan fingerprint density at radius 3 is 2.16 bits per heavy atom. The lowest BCUT2D eigenvalue weighted by Crippen LogP contribution is -2.74. The van der Waals surface area contributed by atoms with Crippen molar-refractivity contribution in [2.75, 3.05) is 60.8 Å². The highest BCUT2D eigenvalue weighted by Gasteiger charge is 2.81. The molecule has 3 saturated heterocycles. The van der Waals surface area contributed by atoms with Crippen LogP contribution in [0, 0.1) is 46.3 Å². The molecule has 4 saturated carbocycles. The van der Waals surface area contributed by atoms with Crippen LogP contribution in [0.2, 0.25) is 51.4 Å². The number of methoxy groups -OCH3 is 2. The zero-order valence-electron chi connectivity index (χ0n) is 31.0. The van der Waals surface area contributed by atoms with Crippen LogP contribution in [0.15, 0.2) is 0 Å². The van der Waals surface area contributed by atoms with Crippen molar-refractivity contribution < 1.29 is 52.2 Å². The summed E-state index contributed by atoms with van der Waals surface area (Å²) in [4.78, 5) is 27.4.